The second kappa shape index (κ2) is 14.8. The number of nitrogens with one attached hydrogen (secondary N) is 4. The van der Waals surface area contributed by atoms with E-state index in [1.165, 1.54) is 21.6 Å². The molecule has 2 aromatic carbocycles. The van der Waals surface area contributed by atoms with Crippen molar-refractivity contribution in [2.24, 2.45) is 5.92 Å². The first-order chi connectivity index (χ1) is 21.8. The number of rotatable bonds is 12. The zero-order chi connectivity index (χ0) is 31.9. The Bertz CT molecular complexity index is 1510. The molecule has 1 aliphatic carbocycles. The molecule has 9 heteroatoms. The van der Waals surface area contributed by atoms with Crippen molar-refractivity contribution in [3.05, 3.63) is 70.4 Å². The van der Waals surface area contributed by atoms with Crippen LogP contribution in [0, 0.1) is 5.92 Å². The van der Waals surface area contributed by atoms with E-state index in [0.717, 1.165) is 73.4 Å². The molecular formula is C36H47N5O4. The van der Waals surface area contributed by atoms with E-state index in [1.54, 1.807) is 0 Å². The van der Waals surface area contributed by atoms with Gasteiger partial charge in [-0.15, -0.1) is 0 Å². The Hall–Kier alpha value is -4.14. The summed E-state index contributed by atoms with van der Waals surface area (Å²) in [5.74, 6) is -1.14. The minimum absolute atomic E-state index is 0.0919. The van der Waals surface area contributed by atoms with Crippen molar-refractivity contribution in [3.63, 3.8) is 0 Å². The number of carbonyl (C=O) groups is 4. The van der Waals surface area contributed by atoms with Gasteiger partial charge in [-0.3, -0.25) is 19.2 Å². The summed E-state index contributed by atoms with van der Waals surface area (Å²) in [7, 11) is 0. The lowest BCUT2D eigenvalue weighted by molar-refractivity contribution is -0.148. The highest BCUT2D eigenvalue weighted by Crippen LogP contribution is 2.28. The van der Waals surface area contributed by atoms with E-state index in [9.17, 15) is 19.2 Å². The maximum atomic E-state index is 13.7. The molecule has 2 unspecified atom stereocenters. The SMILES string of the molecule is CCc1cc(CNC(=O)C(Cc2c[nH]c3ccccc23)NC(=O)CN2CC(=O)NC(C3CCCCC3)C2=O)cc(CC)c1CC. The molecule has 3 aromatic rings. The number of aryl methyl sites for hydroxylation is 2. The first-order valence-corrected chi connectivity index (χ1v) is 16.6. The van der Waals surface area contributed by atoms with E-state index < -0.39 is 18.0 Å². The Morgan fingerprint density at radius 1 is 0.956 bits per heavy atom. The van der Waals surface area contributed by atoms with E-state index in [2.05, 4.69) is 53.8 Å². The first-order valence-electron chi connectivity index (χ1n) is 16.6. The molecule has 2 heterocycles. The van der Waals surface area contributed by atoms with Crippen molar-refractivity contribution in [1.29, 1.82) is 0 Å². The minimum Gasteiger partial charge on any atom is -0.361 e. The Morgan fingerprint density at radius 2 is 1.67 bits per heavy atom. The van der Waals surface area contributed by atoms with Gasteiger partial charge >= 0.3 is 0 Å². The van der Waals surface area contributed by atoms with Crippen LogP contribution < -0.4 is 16.0 Å². The van der Waals surface area contributed by atoms with Crippen molar-refractivity contribution < 1.29 is 19.2 Å². The number of amides is 4. The molecule has 1 saturated carbocycles. The summed E-state index contributed by atoms with van der Waals surface area (Å²) < 4.78 is 0. The average Bonchev–Trinajstić information content (AvgIpc) is 3.47. The highest BCUT2D eigenvalue weighted by Gasteiger charge is 2.39. The molecular weight excluding hydrogens is 566 g/mol. The fraction of sp³-hybridized carbons (Fsp3) is 0.500. The summed E-state index contributed by atoms with van der Waals surface area (Å²) in [5, 5.41) is 9.83. The zero-order valence-corrected chi connectivity index (χ0v) is 26.8. The standard InChI is InChI=1S/C36H47N5O4/c1-4-24-16-23(17-25(5-2)28(24)6-3)19-38-35(44)31(18-27-20-37-30-15-11-10-14-29(27)30)39-32(42)21-41-22-33(43)40-34(36(41)45)26-12-8-7-9-13-26/h10-11,14-17,20,26,31,34,37H,4-9,12-13,18-19,21-22H2,1-3H3,(H,38,44)(H,39,42)(H,40,43). The van der Waals surface area contributed by atoms with E-state index in [4.69, 9.17) is 0 Å². The molecule has 4 amide bonds. The molecule has 2 aliphatic rings. The van der Waals surface area contributed by atoms with Gasteiger partial charge in [0.05, 0.1) is 0 Å². The van der Waals surface area contributed by atoms with Crippen LogP contribution in [0.3, 0.4) is 0 Å². The number of carbonyl (C=O) groups excluding carboxylic acids is 4. The number of benzene rings is 2. The van der Waals surface area contributed by atoms with Gasteiger partial charge in [0.15, 0.2) is 0 Å². The summed E-state index contributed by atoms with van der Waals surface area (Å²) in [6.07, 6.45) is 9.97. The molecule has 1 saturated heterocycles. The van der Waals surface area contributed by atoms with Gasteiger partial charge in [-0.05, 0) is 71.9 Å². The van der Waals surface area contributed by atoms with Crippen LogP contribution in [-0.4, -0.2) is 58.7 Å². The molecule has 4 N–H and O–H groups in total. The van der Waals surface area contributed by atoms with E-state index in [0.29, 0.717) is 6.54 Å². The quantitative estimate of drug-likeness (QED) is 0.246. The lowest BCUT2D eigenvalue weighted by Crippen LogP contribution is -2.62. The maximum Gasteiger partial charge on any atom is 0.246 e. The Balaban J connectivity index is 1.31. The lowest BCUT2D eigenvalue weighted by Gasteiger charge is -2.37. The minimum atomic E-state index is -0.870. The number of H-pyrrole nitrogens is 1. The predicted molar refractivity (Wildman–Crippen MR) is 175 cm³/mol. The average molecular weight is 614 g/mol. The van der Waals surface area contributed by atoms with Crippen LogP contribution in [0.4, 0.5) is 0 Å². The van der Waals surface area contributed by atoms with Gasteiger partial charge in [-0.1, -0.05) is 70.4 Å². The number of fused-ring (bicyclic) bond motifs is 1. The Labute approximate surface area is 265 Å². The third kappa shape index (κ3) is 7.57. The van der Waals surface area contributed by atoms with Gasteiger partial charge in [0.2, 0.25) is 23.6 Å². The highest BCUT2D eigenvalue weighted by molar-refractivity contribution is 5.98. The van der Waals surface area contributed by atoms with Crippen LogP contribution >= 0.6 is 0 Å². The topological polar surface area (TPSA) is 123 Å². The van der Waals surface area contributed by atoms with Gasteiger partial charge < -0.3 is 25.8 Å². The highest BCUT2D eigenvalue weighted by atomic mass is 16.2. The molecule has 1 aromatic heterocycles. The predicted octanol–water partition coefficient (Wildman–Crippen LogP) is 4.11. The second-order valence-corrected chi connectivity index (χ2v) is 12.5. The first kappa shape index (κ1) is 32.3. The van der Waals surface area contributed by atoms with Crippen LogP contribution in [0.1, 0.15) is 80.7 Å². The van der Waals surface area contributed by atoms with Crippen LogP contribution in [0.5, 0.6) is 0 Å². The summed E-state index contributed by atoms with van der Waals surface area (Å²) in [4.78, 5) is 57.7. The molecule has 2 fully saturated rings. The van der Waals surface area contributed by atoms with Crippen LogP contribution in [0.15, 0.2) is 42.6 Å². The number of piperazine rings is 1. The normalized spacial score (nSPS) is 18.1. The van der Waals surface area contributed by atoms with Gasteiger partial charge in [-0.25, -0.2) is 0 Å². The van der Waals surface area contributed by atoms with Crippen LogP contribution in [-0.2, 0) is 51.4 Å². The Morgan fingerprint density at radius 3 is 2.36 bits per heavy atom. The molecule has 1 aliphatic heterocycles. The van der Waals surface area contributed by atoms with E-state index >= 15 is 0 Å². The molecule has 45 heavy (non-hydrogen) atoms. The second-order valence-electron chi connectivity index (χ2n) is 12.5. The van der Waals surface area contributed by atoms with Crippen LogP contribution in [0.25, 0.3) is 10.9 Å². The fourth-order valence-corrected chi connectivity index (χ4v) is 7.16. The van der Waals surface area contributed by atoms with E-state index in [1.807, 2.05) is 30.5 Å². The van der Waals surface area contributed by atoms with Gasteiger partial charge in [0.1, 0.15) is 25.2 Å². The zero-order valence-electron chi connectivity index (χ0n) is 26.8. The summed E-state index contributed by atoms with van der Waals surface area (Å²) in [6.45, 7) is 6.38. The maximum absolute atomic E-state index is 13.7. The third-order valence-corrected chi connectivity index (χ3v) is 9.51. The summed E-state index contributed by atoms with van der Waals surface area (Å²) >= 11 is 0. The molecule has 0 spiro atoms. The molecule has 0 bridgehead atoms. The number of nitrogens with zero attached hydrogens (tertiary/aromatic N) is 1. The smallest absolute Gasteiger partial charge is 0.246 e. The summed E-state index contributed by atoms with van der Waals surface area (Å²) in [5.41, 5.74) is 6.87. The number of hydrogen-bond donors (Lipinski definition) is 4. The number of aromatic amines is 1. The van der Waals surface area contributed by atoms with Crippen molar-refractivity contribution >= 4 is 34.5 Å². The van der Waals surface area contributed by atoms with Crippen LogP contribution in [0.2, 0.25) is 0 Å². The van der Waals surface area contributed by atoms with Crippen molar-refractivity contribution in [1.82, 2.24) is 25.8 Å². The van der Waals surface area contributed by atoms with Gasteiger partial charge in [0.25, 0.3) is 0 Å². The molecule has 9 nitrogen and oxygen atoms in total. The third-order valence-electron chi connectivity index (χ3n) is 9.51. The lowest BCUT2D eigenvalue weighted by atomic mass is 9.82. The largest absolute Gasteiger partial charge is 0.361 e. The molecule has 5 rings (SSSR count). The van der Waals surface area contributed by atoms with Gasteiger partial charge in [-0.2, -0.15) is 0 Å². The van der Waals surface area contributed by atoms with E-state index in [-0.39, 0.29) is 43.1 Å². The molecule has 240 valence electrons. The molecule has 2 atom stereocenters. The number of para-hydroxylation sites is 1. The molecule has 0 radical (unpaired) electrons. The van der Waals surface area contributed by atoms with Crippen molar-refractivity contribution in [2.45, 2.75) is 97.2 Å². The number of hydrogen-bond acceptors (Lipinski definition) is 4. The monoisotopic (exact) mass is 613 g/mol. The fourth-order valence-electron chi connectivity index (χ4n) is 7.16. The summed E-state index contributed by atoms with van der Waals surface area (Å²) in [6, 6.07) is 10.7. The van der Waals surface area contributed by atoms with Gasteiger partial charge in [0, 0.05) is 30.1 Å². The Kier molecular flexibility index (Phi) is 10.6. The van der Waals surface area contributed by atoms with Crippen molar-refractivity contribution in [3.8, 4) is 0 Å². The van der Waals surface area contributed by atoms with Crippen molar-refractivity contribution in [2.75, 3.05) is 13.1 Å². The number of aromatic nitrogens is 1.